The van der Waals surface area contributed by atoms with Crippen LogP contribution in [0, 0.1) is 0 Å². The predicted molar refractivity (Wildman–Crippen MR) is 98.6 cm³/mol. The lowest BCUT2D eigenvalue weighted by molar-refractivity contribution is 0.601. The third-order valence-corrected chi connectivity index (χ3v) is 6.28. The lowest BCUT2D eigenvalue weighted by Gasteiger charge is -2.08. The molecule has 0 bridgehead atoms. The smallest absolute Gasteiger partial charge is 0.261 e. The van der Waals surface area contributed by atoms with Crippen LogP contribution in [-0.2, 0) is 16.4 Å². The Bertz CT molecular complexity index is 934. The number of hydrogen-bond donors (Lipinski definition) is 1. The van der Waals surface area contributed by atoms with Gasteiger partial charge in [-0.1, -0.05) is 22.9 Å². The first-order chi connectivity index (χ1) is 11.0. The zero-order chi connectivity index (χ0) is 16.4. The van der Waals surface area contributed by atoms with Gasteiger partial charge in [-0.2, -0.15) is 0 Å². The van der Waals surface area contributed by atoms with Crippen molar-refractivity contribution in [2.45, 2.75) is 24.7 Å². The van der Waals surface area contributed by atoms with E-state index in [2.05, 4.69) is 32.6 Å². The average Bonchev–Trinajstić information content (AvgIpc) is 2.89. The molecule has 0 aliphatic heterocycles. The van der Waals surface area contributed by atoms with Crippen LogP contribution in [0.4, 0.5) is 5.69 Å². The van der Waals surface area contributed by atoms with Crippen LogP contribution >= 0.6 is 27.3 Å². The van der Waals surface area contributed by atoms with E-state index in [0.29, 0.717) is 5.69 Å². The maximum absolute atomic E-state index is 12.4. The molecule has 0 saturated carbocycles. The second kappa shape index (κ2) is 6.59. The van der Waals surface area contributed by atoms with Crippen LogP contribution in [0.2, 0.25) is 0 Å². The fourth-order valence-electron chi connectivity index (χ4n) is 2.18. The van der Waals surface area contributed by atoms with Gasteiger partial charge in [-0.3, -0.25) is 4.72 Å². The first-order valence-corrected chi connectivity index (χ1v) is 10.2. The molecule has 0 spiro atoms. The molecule has 0 radical (unpaired) electrons. The summed E-state index contributed by atoms with van der Waals surface area (Å²) in [5, 5.41) is 1.08. The summed E-state index contributed by atoms with van der Waals surface area (Å²) in [6.07, 6.45) is 1.99. The van der Waals surface area contributed by atoms with E-state index in [4.69, 9.17) is 0 Å². The number of nitrogens with zero attached hydrogens (tertiary/aromatic N) is 1. The van der Waals surface area contributed by atoms with E-state index in [0.717, 1.165) is 32.5 Å². The summed E-state index contributed by atoms with van der Waals surface area (Å²) in [6, 6.07) is 12.0. The highest BCUT2D eigenvalue weighted by atomic mass is 79.9. The minimum atomic E-state index is -3.59. The van der Waals surface area contributed by atoms with Crippen molar-refractivity contribution >= 4 is 53.2 Å². The molecule has 0 atom stereocenters. The molecule has 7 heteroatoms. The molecule has 2 aromatic carbocycles. The molecule has 23 heavy (non-hydrogen) atoms. The molecular weight excluding hydrogens is 396 g/mol. The standard InChI is InChI=1S/C16H15BrN2O2S2/c1-2-3-16-18-14-9-6-12(10-15(14)22-16)19-23(20,21)13-7-4-11(17)5-8-13/h4-10,19H,2-3H2,1H3. The zero-order valence-electron chi connectivity index (χ0n) is 12.4. The first kappa shape index (κ1) is 16.4. The van der Waals surface area contributed by atoms with E-state index >= 15 is 0 Å². The highest BCUT2D eigenvalue weighted by molar-refractivity contribution is 9.10. The predicted octanol–water partition coefficient (Wildman–Crippen LogP) is 4.81. The molecule has 0 saturated heterocycles. The fourth-order valence-corrected chi connectivity index (χ4v) is 4.61. The van der Waals surface area contributed by atoms with Crippen molar-refractivity contribution in [2.24, 2.45) is 0 Å². The summed E-state index contributed by atoms with van der Waals surface area (Å²) in [4.78, 5) is 4.78. The summed E-state index contributed by atoms with van der Waals surface area (Å²) in [5.74, 6) is 0. The third kappa shape index (κ3) is 3.73. The number of rotatable bonds is 5. The minimum absolute atomic E-state index is 0.233. The lowest BCUT2D eigenvalue weighted by Crippen LogP contribution is -2.12. The molecule has 3 aromatic rings. The topological polar surface area (TPSA) is 59.1 Å². The van der Waals surface area contributed by atoms with E-state index in [1.807, 2.05) is 12.1 Å². The van der Waals surface area contributed by atoms with Crippen molar-refractivity contribution in [2.75, 3.05) is 4.72 Å². The summed E-state index contributed by atoms with van der Waals surface area (Å²) >= 11 is 4.91. The minimum Gasteiger partial charge on any atom is -0.280 e. The van der Waals surface area contributed by atoms with Crippen molar-refractivity contribution < 1.29 is 8.42 Å². The van der Waals surface area contributed by atoms with Crippen LogP contribution in [0.3, 0.4) is 0 Å². The van der Waals surface area contributed by atoms with Gasteiger partial charge in [0.1, 0.15) is 0 Å². The van der Waals surface area contributed by atoms with E-state index in [1.165, 1.54) is 0 Å². The monoisotopic (exact) mass is 410 g/mol. The molecule has 3 rings (SSSR count). The van der Waals surface area contributed by atoms with Gasteiger partial charge in [-0.05, 0) is 55.3 Å². The quantitative estimate of drug-likeness (QED) is 0.656. The Labute approximate surface area is 147 Å². The lowest BCUT2D eigenvalue weighted by atomic mass is 10.3. The van der Waals surface area contributed by atoms with Crippen LogP contribution < -0.4 is 4.72 Å². The Morgan fingerprint density at radius 1 is 1.17 bits per heavy atom. The van der Waals surface area contributed by atoms with Gasteiger partial charge in [0.05, 0.1) is 25.8 Å². The van der Waals surface area contributed by atoms with Crippen molar-refractivity contribution in [3.05, 3.63) is 51.9 Å². The van der Waals surface area contributed by atoms with E-state index in [9.17, 15) is 8.42 Å². The van der Waals surface area contributed by atoms with Crippen LogP contribution in [0.15, 0.2) is 51.8 Å². The molecule has 0 aliphatic rings. The van der Waals surface area contributed by atoms with Crippen molar-refractivity contribution in [3.8, 4) is 0 Å². The van der Waals surface area contributed by atoms with Gasteiger partial charge in [0.15, 0.2) is 0 Å². The van der Waals surface area contributed by atoms with Gasteiger partial charge < -0.3 is 0 Å². The van der Waals surface area contributed by atoms with Gasteiger partial charge in [0.2, 0.25) is 0 Å². The highest BCUT2D eigenvalue weighted by Gasteiger charge is 2.14. The summed E-state index contributed by atoms with van der Waals surface area (Å²) in [6.45, 7) is 2.11. The number of hydrogen-bond acceptors (Lipinski definition) is 4. The average molecular weight is 411 g/mol. The Morgan fingerprint density at radius 3 is 2.61 bits per heavy atom. The number of anilines is 1. The number of halogens is 1. The highest BCUT2D eigenvalue weighted by Crippen LogP contribution is 2.27. The molecular formula is C16H15BrN2O2S2. The maximum atomic E-state index is 12.4. The zero-order valence-corrected chi connectivity index (χ0v) is 15.6. The Kier molecular flexibility index (Phi) is 4.70. The van der Waals surface area contributed by atoms with Crippen LogP contribution in [0.1, 0.15) is 18.4 Å². The third-order valence-electron chi connectivity index (χ3n) is 3.27. The maximum Gasteiger partial charge on any atom is 0.261 e. The van der Waals surface area contributed by atoms with E-state index in [1.54, 1.807) is 41.7 Å². The number of thiazole rings is 1. The van der Waals surface area contributed by atoms with E-state index in [-0.39, 0.29) is 4.90 Å². The molecule has 120 valence electrons. The fraction of sp³-hybridized carbons (Fsp3) is 0.188. The first-order valence-electron chi connectivity index (χ1n) is 7.16. The SMILES string of the molecule is CCCc1nc2ccc(NS(=O)(=O)c3ccc(Br)cc3)cc2s1. The van der Waals surface area contributed by atoms with Crippen molar-refractivity contribution in [1.29, 1.82) is 0 Å². The van der Waals surface area contributed by atoms with Gasteiger partial charge >= 0.3 is 0 Å². The van der Waals surface area contributed by atoms with Gasteiger partial charge in [-0.25, -0.2) is 13.4 Å². The van der Waals surface area contributed by atoms with Crippen molar-refractivity contribution in [1.82, 2.24) is 4.98 Å². The Balaban J connectivity index is 1.89. The number of fused-ring (bicyclic) bond motifs is 1. The van der Waals surface area contributed by atoms with Gasteiger partial charge in [-0.15, -0.1) is 11.3 Å². The van der Waals surface area contributed by atoms with Gasteiger partial charge in [0.25, 0.3) is 10.0 Å². The van der Waals surface area contributed by atoms with Crippen molar-refractivity contribution in [3.63, 3.8) is 0 Å². The van der Waals surface area contributed by atoms with E-state index < -0.39 is 10.0 Å². The molecule has 1 N–H and O–H groups in total. The molecule has 1 aromatic heterocycles. The van der Waals surface area contributed by atoms with Gasteiger partial charge in [0, 0.05) is 4.47 Å². The molecule has 1 heterocycles. The van der Waals surface area contributed by atoms with Crippen LogP contribution in [-0.4, -0.2) is 13.4 Å². The Morgan fingerprint density at radius 2 is 1.91 bits per heavy atom. The molecule has 0 fully saturated rings. The summed E-state index contributed by atoms with van der Waals surface area (Å²) in [5.41, 5.74) is 1.46. The molecule has 0 aliphatic carbocycles. The number of aromatic nitrogens is 1. The summed E-state index contributed by atoms with van der Waals surface area (Å²) < 4.78 is 29.3. The second-order valence-corrected chi connectivity index (χ2v) is 8.81. The van der Waals surface area contributed by atoms with Crippen LogP contribution in [0.25, 0.3) is 10.2 Å². The molecule has 4 nitrogen and oxygen atoms in total. The largest absolute Gasteiger partial charge is 0.280 e. The number of nitrogens with one attached hydrogen (secondary N) is 1. The summed E-state index contributed by atoms with van der Waals surface area (Å²) in [7, 11) is -3.59. The molecule has 0 amide bonds. The number of aryl methyl sites for hydroxylation is 1. The number of sulfonamides is 1. The normalized spacial score (nSPS) is 11.7. The van der Waals surface area contributed by atoms with Crippen LogP contribution in [0.5, 0.6) is 0 Å². The Hall–Kier alpha value is -1.44. The number of benzene rings is 2. The molecule has 0 unspecified atom stereocenters. The second-order valence-electron chi connectivity index (χ2n) is 5.10.